The van der Waals surface area contributed by atoms with Gasteiger partial charge in [-0.05, 0) is 30.2 Å². The fraction of sp³-hybridized carbons (Fsp3) is 0.238. The van der Waals surface area contributed by atoms with E-state index in [0.29, 0.717) is 30.4 Å². The maximum absolute atomic E-state index is 11.6. The van der Waals surface area contributed by atoms with Crippen LogP contribution in [0, 0.1) is 6.92 Å². The number of aryl methyl sites for hydroxylation is 1. The van der Waals surface area contributed by atoms with Crippen LogP contribution in [0.2, 0.25) is 5.15 Å². The van der Waals surface area contributed by atoms with E-state index < -0.39 is 0 Å². The zero-order valence-corrected chi connectivity index (χ0v) is 16.3. The second-order valence-electron chi connectivity index (χ2n) is 6.38. The van der Waals surface area contributed by atoms with Crippen molar-refractivity contribution in [2.45, 2.75) is 26.6 Å². The zero-order chi connectivity index (χ0) is 19.2. The van der Waals surface area contributed by atoms with Crippen LogP contribution < -0.4 is 10.6 Å². The van der Waals surface area contributed by atoms with Crippen molar-refractivity contribution in [3.05, 3.63) is 87.7 Å². The van der Waals surface area contributed by atoms with Gasteiger partial charge < -0.3 is 10.6 Å². The molecule has 6 heteroatoms. The lowest BCUT2D eigenvalue weighted by Gasteiger charge is -2.07. The van der Waals surface area contributed by atoms with Crippen LogP contribution >= 0.6 is 11.6 Å². The summed E-state index contributed by atoms with van der Waals surface area (Å²) >= 11 is 6.55. The van der Waals surface area contributed by atoms with Gasteiger partial charge in [-0.15, -0.1) is 0 Å². The summed E-state index contributed by atoms with van der Waals surface area (Å²) in [7, 11) is 1.63. The third kappa shape index (κ3) is 4.76. The molecule has 1 heterocycles. The van der Waals surface area contributed by atoms with Crippen LogP contribution in [0.25, 0.3) is 0 Å². The lowest BCUT2D eigenvalue weighted by molar-refractivity contribution is 0.0963. The Morgan fingerprint density at radius 2 is 1.74 bits per heavy atom. The number of carbonyl (C=O) groups is 1. The van der Waals surface area contributed by atoms with Gasteiger partial charge in [0.15, 0.2) is 0 Å². The first kappa shape index (κ1) is 19.1. The molecule has 0 atom stereocenters. The van der Waals surface area contributed by atoms with Crippen LogP contribution in [0.3, 0.4) is 0 Å². The van der Waals surface area contributed by atoms with E-state index in [1.54, 1.807) is 7.05 Å². The fourth-order valence-corrected chi connectivity index (χ4v) is 3.20. The van der Waals surface area contributed by atoms with Gasteiger partial charge in [0.05, 0.1) is 12.2 Å². The molecule has 0 aliphatic carbocycles. The lowest BCUT2D eigenvalue weighted by atomic mass is 10.1. The molecule has 140 valence electrons. The minimum atomic E-state index is -0.0808. The molecule has 3 aromatic rings. The van der Waals surface area contributed by atoms with Gasteiger partial charge in [-0.2, -0.15) is 5.10 Å². The fourth-order valence-electron chi connectivity index (χ4n) is 2.90. The summed E-state index contributed by atoms with van der Waals surface area (Å²) in [5.41, 5.74) is 4.86. The van der Waals surface area contributed by atoms with Crippen molar-refractivity contribution < 1.29 is 4.79 Å². The largest absolute Gasteiger partial charge is 0.355 e. The smallest absolute Gasteiger partial charge is 0.251 e. The third-order valence-corrected chi connectivity index (χ3v) is 4.86. The molecule has 0 saturated heterocycles. The van der Waals surface area contributed by atoms with Crippen molar-refractivity contribution in [1.82, 2.24) is 20.4 Å². The lowest BCUT2D eigenvalue weighted by Crippen LogP contribution is -2.18. The molecule has 1 amide bonds. The highest BCUT2D eigenvalue weighted by atomic mass is 35.5. The first-order valence-electron chi connectivity index (χ1n) is 8.86. The quantitative estimate of drug-likeness (QED) is 0.657. The molecule has 0 aliphatic rings. The average molecular weight is 383 g/mol. The van der Waals surface area contributed by atoms with Gasteiger partial charge in [0.2, 0.25) is 0 Å². The molecule has 3 rings (SSSR count). The number of amides is 1. The predicted octanol–water partition coefficient (Wildman–Crippen LogP) is 3.54. The molecule has 0 saturated carbocycles. The van der Waals surface area contributed by atoms with Crippen LogP contribution in [0.1, 0.15) is 32.7 Å². The molecule has 0 unspecified atom stereocenters. The molecule has 0 fully saturated rings. The molecule has 0 radical (unpaired) electrons. The number of hydrogen-bond donors (Lipinski definition) is 2. The van der Waals surface area contributed by atoms with Crippen molar-refractivity contribution in [3.63, 3.8) is 0 Å². The van der Waals surface area contributed by atoms with E-state index in [1.807, 2.05) is 54.1 Å². The number of rotatable bonds is 7. The van der Waals surface area contributed by atoms with Gasteiger partial charge in [-0.25, -0.2) is 4.68 Å². The molecule has 0 bridgehead atoms. The molecular weight excluding hydrogens is 360 g/mol. The number of nitrogens with zero attached hydrogens (tertiary/aromatic N) is 2. The van der Waals surface area contributed by atoms with Gasteiger partial charge in [-0.3, -0.25) is 4.79 Å². The summed E-state index contributed by atoms with van der Waals surface area (Å²) in [6, 6.07) is 17.7. The summed E-state index contributed by atoms with van der Waals surface area (Å²) in [5.74, 6) is -0.0808. The number of nitrogens with one attached hydrogen (secondary N) is 2. The number of hydrogen-bond acceptors (Lipinski definition) is 3. The van der Waals surface area contributed by atoms with E-state index in [-0.39, 0.29) is 5.91 Å². The normalized spacial score (nSPS) is 10.8. The Kier molecular flexibility index (Phi) is 6.27. The minimum absolute atomic E-state index is 0.0808. The Morgan fingerprint density at radius 3 is 2.41 bits per heavy atom. The van der Waals surface area contributed by atoms with E-state index in [9.17, 15) is 4.79 Å². The van der Waals surface area contributed by atoms with Crippen LogP contribution in [0.4, 0.5) is 0 Å². The van der Waals surface area contributed by atoms with Crippen molar-refractivity contribution >= 4 is 17.5 Å². The molecule has 0 spiro atoms. The number of benzene rings is 2. The molecule has 2 aromatic carbocycles. The van der Waals surface area contributed by atoms with Gasteiger partial charge in [0, 0.05) is 31.3 Å². The minimum Gasteiger partial charge on any atom is -0.355 e. The van der Waals surface area contributed by atoms with E-state index in [0.717, 1.165) is 22.4 Å². The summed E-state index contributed by atoms with van der Waals surface area (Å²) in [4.78, 5) is 11.6. The van der Waals surface area contributed by atoms with Gasteiger partial charge in [-0.1, -0.05) is 54.1 Å². The van der Waals surface area contributed by atoms with Crippen molar-refractivity contribution in [3.8, 4) is 0 Å². The second-order valence-corrected chi connectivity index (χ2v) is 6.74. The van der Waals surface area contributed by atoms with E-state index >= 15 is 0 Å². The van der Waals surface area contributed by atoms with Gasteiger partial charge in [0.1, 0.15) is 5.15 Å². The van der Waals surface area contributed by atoms with Crippen molar-refractivity contribution in [1.29, 1.82) is 0 Å². The van der Waals surface area contributed by atoms with Crippen LogP contribution in [0.5, 0.6) is 0 Å². The Morgan fingerprint density at radius 1 is 1.04 bits per heavy atom. The molecule has 5 nitrogen and oxygen atoms in total. The van der Waals surface area contributed by atoms with Crippen molar-refractivity contribution in [2.75, 3.05) is 7.05 Å². The monoisotopic (exact) mass is 382 g/mol. The Labute approximate surface area is 164 Å². The Bertz CT molecular complexity index is 904. The highest BCUT2D eigenvalue weighted by Gasteiger charge is 2.13. The highest BCUT2D eigenvalue weighted by molar-refractivity contribution is 6.30. The molecular formula is C21H23ClN4O. The van der Waals surface area contributed by atoms with E-state index in [1.165, 1.54) is 0 Å². The van der Waals surface area contributed by atoms with E-state index in [2.05, 4.69) is 27.9 Å². The molecule has 1 aromatic heterocycles. The van der Waals surface area contributed by atoms with Gasteiger partial charge in [0.25, 0.3) is 5.91 Å². The summed E-state index contributed by atoms with van der Waals surface area (Å²) in [6.45, 7) is 3.95. The Balaban J connectivity index is 1.60. The van der Waals surface area contributed by atoms with Crippen LogP contribution in [-0.2, 0) is 19.6 Å². The second kappa shape index (κ2) is 8.84. The first-order chi connectivity index (χ1) is 13.1. The topological polar surface area (TPSA) is 59.0 Å². The standard InChI is InChI=1S/C21H23ClN4O/c1-15-19(20(22)26(25-15)14-17-6-4-3-5-7-17)13-24-12-16-8-10-18(11-9-16)21(27)23-2/h3-11,24H,12-14H2,1-2H3,(H,23,27). The highest BCUT2D eigenvalue weighted by Crippen LogP contribution is 2.21. The number of aromatic nitrogens is 2. The van der Waals surface area contributed by atoms with Crippen LogP contribution in [-0.4, -0.2) is 22.7 Å². The average Bonchev–Trinajstić information content (AvgIpc) is 2.96. The summed E-state index contributed by atoms with van der Waals surface area (Å²) < 4.78 is 1.83. The van der Waals surface area contributed by atoms with E-state index in [4.69, 9.17) is 11.6 Å². The maximum Gasteiger partial charge on any atom is 0.251 e. The summed E-state index contributed by atoms with van der Waals surface area (Å²) in [5, 5.41) is 11.3. The Hall–Kier alpha value is -2.63. The van der Waals surface area contributed by atoms with Gasteiger partial charge >= 0.3 is 0 Å². The SMILES string of the molecule is CNC(=O)c1ccc(CNCc2c(C)nn(Cc3ccccc3)c2Cl)cc1. The van der Waals surface area contributed by atoms with Crippen LogP contribution in [0.15, 0.2) is 54.6 Å². The van der Waals surface area contributed by atoms with Crippen molar-refractivity contribution in [2.24, 2.45) is 0 Å². The maximum atomic E-state index is 11.6. The number of carbonyl (C=O) groups excluding carboxylic acids is 1. The summed E-state index contributed by atoms with van der Waals surface area (Å²) in [6.07, 6.45) is 0. The third-order valence-electron chi connectivity index (χ3n) is 4.43. The predicted molar refractivity (Wildman–Crippen MR) is 108 cm³/mol. The molecule has 2 N–H and O–H groups in total. The zero-order valence-electron chi connectivity index (χ0n) is 15.5. The first-order valence-corrected chi connectivity index (χ1v) is 9.23. The number of halogens is 1. The molecule has 0 aliphatic heterocycles. The molecule has 27 heavy (non-hydrogen) atoms.